The minimum absolute atomic E-state index is 0.0127. The molecule has 11 aromatic carbocycles. The van der Waals surface area contributed by atoms with Gasteiger partial charge in [0, 0.05) is 11.1 Å². The molecule has 584 valence electrons. The van der Waals surface area contributed by atoms with Crippen LogP contribution in [-0.2, 0) is 39.1 Å². The molecule has 0 atom stereocenters. The molecule has 0 bridgehead atoms. The molecule has 8 aromatic heterocycles. The molecule has 16 heteroatoms. The highest BCUT2D eigenvalue weighted by Gasteiger charge is 2.36. The molecule has 0 unspecified atom stereocenters. The van der Waals surface area contributed by atoms with Gasteiger partial charge in [0.2, 0.25) is 0 Å². The third-order valence-corrected chi connectivity index (χ3v) is 26.4. The second-order valence-electron chi connectivity index (χ2n) is 33.7. The Bertz CT molecular complexity index is 6980. The van der Waals surface area contributed by atoms with E-state index in [0.29, 0.717) is 11.8 Å². The summed E-state index contributed by atoms with van der Waals surface area (Å²) in [5.41, 5.74) is 32.2. The lowest BCUT2D eigenvalue weighted by Gasteiger charge is -2.19. The number of aromatic nitrogens is 12. The van der Waals surface area contributed by atoms with E-state index in [1.54, 1.807) is 45.3 Å². The zero-order valence-corrected chi connectivity index (χ0v) is 74.2. The molecule has 19 aromatic rings. The van der Waals surface area contributed by atoms with Gasteiger partial charge in [0.05, 0.1) is 111 Å². The molecule has 0 radical (unpaired) electrons. The molecule has 0 N–H and O–H groups in total. The lowest BCUT2D eigenvalue weighted by molar-refractivity contribution is -0.634. The van der Waals surface area contributed by atoms with Crippen molar-refractivity contribution in [3.8, 4) is 62.6 Å². The Morgan fingerprint density at radius 2 is 0.603 bits per heavy atom. The summed E-state index contributed by atoms with van der Waals surface area (Å²) in [6.07, 6.45) is 0. The predicted molar refractivity (Wildman–Crippen MR) is 491 cm³/mol. The molecule has 0 aliphatic rings. The first-order valence-electron chi connectivity index (χ1n) is 40.2. The SMILES string of the molecule is Cc1nc2cc(C)c(-c3n(-c4c(C(C)C)cccc4C(C)C)c4ccccc4[n+]3C)cc2s1.Cc1nc2cc(C)c(-c3n(-c4ccc(C(C)(C)C)cc4)c4ccccc4[n+]3C)cc2s1.Cc1nc2cc(C)c(-c3n(-c4ccccc4)c4ccccc4[n+]3C)cc2s1.Cc1nc2cc(C)c(-c3n(C(C)(C)C)c4ccccc4[n+]3C)cc2s1. The summed E-state index contributed by atoms with van der Waals surface area (Å²) in [5, 5.41) is 4.44. The van der Waals surface area contributed by atoms with Crippen molar-refractivity contribution in [1.82, 2.24) is 38.2 Å². The van der Waals surface area contributed by atoms with E-state index < -0.39 is 0 Å². The maximum Gasteiger partial charge on any atom is 0.295 e. The van der Waals surface area contributed by atoms with Gasteiger partial charge < -0.3 is 0 Å². The molecule has 19 rings (SSSR count). The Morgan fingerprint density at radius 1 is 0.310 bits per heavy atom. The van der Waals surface area contributed by atoms with Gasteiger partial charge in [-0.1, -0.05) is 146 Å². The van der Waals surface area contributed by atoms with E-state index in [0.717, 1.165) is 42.1 Å². The largest absolute Gasteiger partial charge is 0.295 e. The standard InChI is InChI=1S/C29H32N3S.C27H28N3S.C23H20N3S.C21H24N3S/c1-17(2)21-11-10-12-22(18(3)4)28(21)32-26-14-9-8-13-25(26)31(7)29(32)23-16-27-24(15-19(23)5)30-20(6)33-27;1-17-15-22-25(31-18(2)28-22)16-21(17)26-29(6)23-9-7-8-10-24(23)30(26)20-13-11-19(12-14-20)27(3,4)5;1-15-13-19-22(27-16(2)24-19)14-18(15)23-25(3)20-11-7-8-12-21(20)26(23)17-9-5-4-6-10-17;1-13-11-16-19(25-14(2)22-16)12-15(13)20-23(6)17-9-7-8-10-18(17)24(20)21(3,4)5/h8-18H,1-7H3;7-16H,1-6H3;4-14H,1-3H3;7-12H,1-6H3/q4*+1. The summed E-state index contributed by atoms with van der Waals surface area (Å²) in [6.45, 7) is 39.9. The highest BCUT2D eigenvalue weighted by Crippen LogP contribution is 2.42. The summed E-state index contributed by atoms with van der Waals surface area (Å²) in [5.74, 6) is 5.69. The van der Waals surface area contributed by atoms with Crippen LogP contribution in [0.1, 0.15) is 140 Å². The fourth-order valence-electron chi connectivity index (χ4n) is 17.1. The van der Waals surface area contributed by atoms with Crippen molar-refractivity contribution < 1.29 is 18.3 Å². The fraction of sp³-hybridized carbons (Fsp3) is 0.260. The number of hydrogen-bond acceptors (Lipinski definition) is 8. The lowest BCUT2D eigenvalue weighted by Crippen LogP contribution is -2.33. The number of benzene rings is 11. The Kier molecular flexibility index (Phi) is 20.9. The van der Waals surface area contributed by atoms with E-state index in [4.69, 9.17) is 9.97 Å². The Morgan fingerprint density at radius 3 is 0.948 bits per heavy atom. The van der Waals surface area contributed by atoms with Gasteiger partial charge in [0.15, 0.2) is 44.1 Å². The molecule has 116 heavy (non-hydrogen) atoms. The zero-order valence-electron chi connectivity index (χ0n) is 70.9. The van der Waals surface area contributed by atoms with Gasteiger partial charge in [-0.25, -0.2) is 42.8 Å². The van der Waals surface area contributed by atoms with Gasteiger partial charge >= 0.3 is 0 Å². The predicted octanol–water partition coefficient (Wildman–Crippen LogP) is 24.7. The average molecular weight is 1600 g/mol. The number of rotatable bonds is 9. The van der Waals surface area contributed by atoms with Crippen LogP contribution in [0.3, 0.4) is 0 Å². The molecule has 12 nitrogen and oxygen atoms in total. The summed E-state index contributed by atoms with van der Waals surface area (Å²) >= 11 is 7.05. The zero-order chi connectivity index (χ0) is 81.8. The Hall–Kier alpha value is -11.1. The fourth-order valence-corrected chi connectivity index (χ4v) is 20.5. The van der Waals surface area contributed by atoms with Gasteiger partial charge in [-0.2, -0.15) is 13.7 Å². The van der Waals surface area contributed by atoms with Crippen LogP contribution in [-0.4, -0.2) is 38.2 Å². The van der Waals surface area contributed by atoms with Crippen molar-refractivity contribution in [2.75, 3.05) is 0 Å². The second kappa shape index (κ2) is 30.8. The molecule has 0 saturated carbocycles. The molecule has 0 saturated heterocycles. The molecule has 0 aliphatic carbocycles. The number of imidazole rings is 4. The summed E-state index contributed by atoms with van der Waals surface area (Å²) in [4.78, 5) is 18.7. The van der Waals surface area contributed by atoms with Crippen LogP contribution >= 0.6 is 45.3 Å². The number of fused-ring (bicyclic) bond motifs is 8. The third kappa shape index (κ3) is 14.3. The Balaban J connectivity index is 0.000000117. The van der Waals surface area contributed by atoms with Crippen LogP contribution in [0.5, 0.6) is 0 Å². The average Bonchev–Trinajstić information content (AvgIpc) is 1.62. The van der Waals surface area contributed by atoms with E-state index in [1.807, 2.05) is 0 Å². The number of para-hydroxylation sites is 10. The summed E-state index contributed by atoms with van der Waals surface area (Å²) in [6, 6.07) is 79.2. The molecular weight excluding hydrogens is 1500 g/mol. The van der Waals surface area contributed by atoms with Gasteiger partial charge in [0.25, 0.3) is 23.3 Å². The van der Waals surface area contributed by atoms with Crippen molar-refractivity contribution in [2.24, 2.45) is 28.2 Å². The van der Waals surface area contributed by atoms with Crippen LogP contribution in [0.25, 0.3) is 148 Å². The molecular formula is C100H104N12S4+4. The van der Waals surface area contributed by atoms with E-state index in [1.165, 1.54) is 164 Å². The van der Waals surface area contributed by atoms with Crippen molar-refractivity contribution in [2.45, 2.75) is 147 Å². The highest BCUT2D eigenvalue weighted by molar-refractivity contribution is 7.19. The van der Waals surface area contributed by atoms with E-state index in [9.17, 15) is 0 Å². The Labute approximate surface area is 697 Å². The minimum atomic E-state index is -0.0127. The molecule has 0 amide bonds. The number of hydrogen-bond donors (Lipinski definition) is 0. The monoisotopic (exact) mass is 1600 g/mol. The van der Waals surface area contributed by atoms with Crippen molar-refractivity contribution in [3.63, 3.8) is 0 Å². The normalized spacial score (nSPS) is 12.0. The van der Waals surface area contributed by atoms with Crippen LogP contribution in [0, 0.1) is 55.4 Å². The first-order valence-corrected chi connectivity index (χ1v) is 43.5. The second-order valence-corrected chi connectivity index (χ2v) is 38.6. The number of thiazole rings is 4. The third-order valence-electron chi connectivity index (χ3n) is 22.6. The van der Waals surface area contributed by atoms with Gasteiger partial charge in [-0.05, 0) is 243 Å². The molecule has 0 spiro atoms. The molecule has 0 fully saturated rings. The molecule has 8 heterocycles. The van der Waals surface area contributed by atoms with Crippen LogP contribution in [0.2, 0.25) is 0 Å². The van der Waals surface area contributed by atoms with E-state index in [2.05, 4.69) is 418 Å². The van der Waals surface area contributed by atoms with Crippen molar-refractivity contribution in [3.05, 3.63) is 277 Å². The van der Waals surface area contributed by atoms with Gasteiger partial charge in [-0.3, -0.25) is 0 Å². The van der Waals surface area contributed by atoms with Crippen LogP contribution in [0.15, 0.2) is 218 Å². The van der Waals surface area contributed by atoms with Gasteiger partial charge in [0.1, 0.15) is 22.6 Å². The quantitative estimate of drug-likeness (QED) is 0.135. The smallest absolute Gasteiger partial charge is 0.242 e. The highest BCUT2D eigenvalue weighted by atomic mass is 32.1. The van der Waals surface area contributed by atoms with Crippen LogP contribution < -0.4 is 18.3 Å². The lowest BCUT2D eigenvalue weighted by atomic mass is 9.87. The van der Waals surface area contributed by atoms with E-state index >= 15 is 0 Å². The first kappa shape index (κ1) is 78.7. The maximum absolute atomic E-state index is 4.73. The maximum atomic E-state index is 4.73. The van der Waals surface area contributed by atoms with Gasteiger partial charge in [-0.15, -0.1) is 45.3 Å². The summed E-state index contributed by atoms with van der Waals surface area (Å²) in [7, 11) is 8.68. The number of nitrogens with zero attached hydrogens (tertiary/aromatic N) is 12. The molecule has 0 aliphatic heterocycles. The van der Waals surface area contributed by atoms with E-state index in [-0.39, 0.29) is 11.0 Å². The first-order chi connectivity index (χ1) is 55.4. The minimum Gasteiger partial charge on any atom is -0.242 e. The summed E-state index contributed by atoms with van der Waals surface area (Å²) < 4.78 is 24.0. The topological polar surface area (TPSA) is 86.8 Å². The van der Waals surface area contributed by atoms with Crippen LogP contribution in [0.4, 0.5) is 0 Å². The van der Waals surface area contributed by atoms with Crippen molar-refractivity contribution >= 4 is 130 Å². The number of aryl methyl sites for hydroxylation is 12. The van der Waals surface area contributed by atoms with Crippen molar-refractivity contribution in [1.29, 1.82) is 0 Å².